The van der Waals surface area contributed by atoms with Crippen LogP contribution in [0.5, 0.6) is 0 Å². The first-order valence-electron chi connectivity index (χ1n) is 15.1. The molecule has 0 aromatic heterocycles. The zero-order chi connectivity index (χ0) is 34.0. The summed E-state index contributed by atoms with van der Waals surface area (Å²) >= 11 is 1.32. The minimum Gasteiger partial charge on any atom is -0.478 e. The number of aromatic carboxylic acids is 1. The molecule has 0 saturated carbocycles. The highest BCUT2D eigenvalue weighted by Crippen LogP contribution is 2.37. The van der Waals surface area contributed by atoms with Crippen LogP contribution in [-0.2, 0) is 9.59 Å². The van der Waals surface area contributed by atoms with E-state index in [1.807, 2.05) is 67.6 Å². The molecule has 0 saturated heterocycles. The lowest BCUT2D eigenvalue weighted by atomic mass is 10.1. The van der Waals surface area contributed by atoms with E-state index >= 15 is 0 Å². The summed E-state index contributed by atoms with van der Waals surface area (Å²) in [4.78, 5) is 52.4. The minimum atomic E-state index is -1.08. The number of anilines is 2. The fraction of sp³-hybridized carbons (Fsp3) is 0.0769. The van der Waals surface area contributed by atoms with Gasteiger partial charge < -0.3 is 21.1 Å². The zero-order valence-electron chi connectivity index (χ0n) is 26.3. The van der Waals surface area contributed by atoms with E-state index in [9.17, 15) is 24.3 Å². The topological polar surface area (TPSA) is 125 Å². The van der Waals surface area contributed by atoms with Crippen LogP contribution in [-0.4, -0.2) is 28.8 Å². The van der Waals surface area contributed by atoms with Crippen molar-refractivity contribution in [2.75, 3.05) is 10.6 Å². The van der Waals surface area contributed by atoms with Crippen LogP contribution in [0.4, 0.5) is 11.4 Å². The first-order valence-corrected chi connectivity index (χ1v) is 16.0. The maximum atomic E-state index is 13.6. The van der Waals surface area contributed by atoms with Crippen LogP contribution in [0, 0.1) is 13.8 Å². The van der Waals surface area contributed by atoms with Gasteiger partial charge in [0.25, 0.3) is 11.8 Å². The Kier molecular flexibility index (Phi) is 10.8. The molecule has 1 atom stereocenters. The lowest BCUT2D eigenvalue weighted by Crippen LogP contribution is -2.30. The van der Waals surface area contributed by atoms with Crippen LogP contribution in [0.2, 0.25) is 0 Å². The molecular formula is C39H33N3O5S. The molecule has 0 spiro atoms. The number of hydrogen-bond acceptors (Lipinski definition) is 5. The van der Waals surface area contributed by atoms with Crippen molar-refractivity contribution in [3.05, 3.63) is 166 Å². The van der Waals surface area contributed by atoms with Gasteiger partial charge in [-0.05, 0) is 90.7 Å². The molecule has 9 heteroatoms. The van der Waals surface area contributed by atoms with Crippen LogP contribution in [0.1, 0.15) is 48.2 Å². The quantitative estimate of drug-likeness (QED) is 0.0848. The predicted octanol–water partition coefficient (Wildman–Crippen LogP) is 7.88. The molecule has 8 nitrogen and oxygen atoms in total. The molecule has 4 N–H and O–H groups in total. The summed E-state index contributed by atoms with van der Waals surface area (Å²) in [6.45, 7) is 3.72. The number of benzene rings is 5. The van der Waals surface area contributed by atoms with E-state index in [0.29, 0.717) is 16.9 Å². The van der Waals surface area contributed by atoms with Gasteiger partial charge in [-0.2, -0.15) is 0 Å². The van der Waals surface area contributed by atoms with Crippen LogP contribution < -0.4 is 16.0 Å². The third-order valence-corrected chi connectivity index (χ3v) is 8.73. The van der Waals surface area contributed by atoms with Crippen molar-refractivity contribution in [3.8, 4) is 0 Å². The molecular weight excluding hydrogens is 623 g/mol. The monoisotopic (exact) mass is 655 g/mol. The van der Waals surface area contributed by atoms with Crippen molar-refractivity contribution in [3.63, 3.8) is 0 Å². The Bertz CT molecular complexity index is 1980. The zero-order valence-corrected chi connectivity index (χ0v) is 27.1. The predicted molar refractivity (Wildman–Crippen MR) is 190 cm³/mol. The molecule has 0 aliphatic rings. The van der Waals surface area contributed by atoms with Crippen LogP contribution in [0.3, 0.4) is 0 Å². The van der Waals surface area contributed by atoms with Gasteiger partial charge in [0.15, 0.2) is 0 Å². The third-order valence-electron chi connectivity index (χ3n) is 7.47. The van der Waals surface area contributed by atoms with Gasteiger partial charge in [-0.25, -0.2) is 4.79 Å². The van der Waals surface area contributed by atoms with E-state index in [0.717, 1.165) is 27.1 Å². The molecule has 3 amide bonds. The molecule has 0 aliphatic heterocycles. The fourth-order valence-corrected chi connectivity index (χ4v) is 5.81. The third kappa shape index (κ3) is 8.65. The Morgan fingerprint density at radius 3 is 2.00 bits per heavy atom. The minimum absolute atomic E-state index is 0.0778. The molecule has 5 aromatic carbocycles. The summed E-state index contributed by atoms with van der Waals surface area (Å²) in [5.74, 6) is -2.30. The van der Waals surface area contributed by atoms with Gasteiger partial charge in [0.1, 0.15) is 10.9 Å². The van der Waals surface area contributed by atoms with Gasteiger partial charge in [-0.3, -0.25) is 14.4 Å². The second kappa shape index (κ2) is 15.6. The largest absolute Gasteiger partial charge is 0.478 e. The number of nitrogens with one attached hydrogen (secondary N) is 3. The van der Waals surface area contributed by atoms with Crippen molar-refractivity contribution in [1.82, 2.24) is 5.32 Å². The van der Waals surface area contributed by atoms with Gasteiger partial charge >= 0.3 is 5.97 Å². The maximum absolute atomic E-state index is 13.6. The second-order valence-corrected chi connectivity index (χ2v) is 12.1. The summed E-state index contributed by atoms with van der Waals surface area (Å²) < 4.78 is 0. The lowest BCUT2D eigenvalue weighted by molar-refractivity contribution is -0.116. The smallest absolute Gasteiger partial charge is 0.335 e. The highest BCUT2D eigenvalue weighted by molar-refractivity contribution is 8.00. The highest BCUT2D eigenvalue weighted by Gasteiger charge is 2.23. The number of carbonyl (C=O) groups excluding carboxylic acids is 3. The SMILES string of the molecule is Cc1ccccc1/C=C(\NC(=O)c1ccccc1)C(=O)Nc1ccc(SC(C(=O)Nc2cc(C(=O)O)ccc2C)c2ccccc2)cc1. The first-order chi connectivity index (χ1) is 23.2. The number of aryl methyl sites for hydroxylation is 2. The van der Waals surface area contributed by atoms with Crippen LogP contribution in [0.15, 0.2) is 138 Å². The lowest BCUT2D eigenvalue weighted by Gasteiger charge is -2.18. The number of carboxylic acids is 1. The van der Waals surface area contributed by atoms with Gasteiger partial charge in [0.2, 0.25) is 5.91 Å². The summed E-state index contributed by atoms with van der Waals surface area (Å²) in [7, 11) is 0. The van der Waals surface area contributed by atoms with E-state index < -0.39 is 23.0 Å². The number of carboxylic acid groups (broad SMARTS) is 1. The number of thioether (sulfide) groups is 1. The van der Waals surface area contributed by atoms with E-state index in [2.05, 4.69) is 16.0 Å². The van der Waals surface area contributed by atoms with Gasteiger partial charge in [-0.15, -0.1) is 11.8 Å². The normalized spacial score (nSPS) is 11.7. The molecule has 0 bridgehead atoms. The summed E-state index contributed by atoms with van der Waals surface area (Å²) in [5, 5.41) is 17.3. The molecule has 5 aromatic rings. The van der Waals surface area contributed by atoms with Crippen molar-refractivity contribution in [1.29, 1.82) is 0 Å². The maximum Gasteiger partial charge on any atom is 0.335 e. The van der Waals surface area contributed by atoms with Crippen molar-refractivity contribution >= 4 is 52.9 Å². The van der Waals surface area contributed by atoms with Crippen LogP contribution >= 0.6 is 11.8 Å². The Balaban J connectivity index is 1.34. The highest BCUT2D eigenvalue weighted by atomic mass is 32.2. The van der Waals surface area contributed by atoms with Crippen molar-refractivity contribution < 1.29 is 24.3 Å². The standard InChI is InChI=1S/C39H33N3O5S/c1-25-11-9-10-16-29(25)23-34(42-36(43)28-14-7-4-8-15-28)37(44)40-31-19-21-32(22-20-31)48-35(27-12-5-3-6-13-27)38(45)41-33-24-30(39(46)47)18-17-26(33)2/h3-24,35H,1-2H3,(H,40,44)(H,41,45)(H,42,43)(H,46,47)/b34-23-. The number of rotatable bonds is 11. The Labute approximate surface area is 282 Å². The molecule has 5 rings (SSSR count). The molecule has 0 radical (unpaired) electrons. The van der Waals surface area contributed by atoms with Crippen LogP contribution in [0.25, 0.3) is 6.08 Å². The summed E-state index contributed by atoms with van der Waals surface area (Å²) in [5.41, 5.74) is 4.74. The Morgan fingerprint density at radius 2 is 1.33 bits per heavy atom. The average Bonchev–Trinajstić information content (AvgIpc) is 3.10. The Hall–Kier alpha value is -5.93. The average molecular weight is 656 g/mol. The fourth-order valence-electron chi connectivity index (χ4n) is 4.79. The van der Waals surface area contributed by atoms with E-state index in [1.54, 1.807) is 67.6 Å². The van der Waals surface area contributed by atoms with E-state index in [1.165, 1.54) is 23.9 Å². The summed E-state index contributed by atoms with van der Waals surface area (Å²) in [6, 6.07) is 37.2. The molecule has 240 valence electrons. The van der Waals surface area contributed by atoms with Gasteiger partial charge in [-0.1, -0.05) is 78.9 Å². The van der Waals surface area contributed by atoms with Gasteiger partial charge in [0.05, 0.1) is 5.56 Å². The molecule has 0 aliphatic carbocycles. The number of carbonyl (C=O) groups is 4. The molecule has 0 heterocycles. The molecule has 1 unspecified atom stereocenters. The van der Waals surface area contributed by atoms with E-state index in [-0.39, 0.29) is 17.2 Å². The number of amides is 3. The van der Waals surface area contributed by atoms with Gasteiger partial charge in [0, 0.05) is 21.8 Å². The second-order valence-electron chi connectivity index (χ2n) is 10.9. The summed E-state index contributed by atoms with van der Waals surface area (Å²) in [6.07, 6.45) is 1.65. The van der Waals surface area contributed by atoms with E-state index in [4.69, 9.17) is 0 Å². The Morgan fingerprint density at radius 1 is 0.688 bits per heavy atom. The molecule has 0 fully saturated rings. The first kappa shape index (κ1) is 33.4. The van der Waals surface area contributed by atoms with Crippen molar-refractivity contribution in [2.45, 2.75) is 24.0 Å². The molecule has 48 heavy (non-hydrogen) atoms. The van der Waals surface area contributed by atoms with Crippen molar-refractivity contribution in [2.24, 2.45) is 0 Å². The number of hydrogen-bond donors (Lipinski definition) is 4.